The molecular weight excluding hydrogens is 342 g/mol. The SMILES string of the molecule is CC/C=C\CC(O)C(C\C=C/C=C\C=C/C=C\C/C=C\CC[C]=O)[N+](=O)[O-]. The highest BCUT2D eigenvalue weighted by atomic mass is 16.6. The Morgan fingerprint density at radius 1 is 0.926 bits per heavy atom. The Hall–Kier alpha value is -2.53. The van der Waals surface area contributed by atoms with Gasteiger partial charge in [0, 0.05) is 17.8 Å². The van der Waals surface area contributed by atoms with Gasteiger partial charge in [0.15, 0.2) is 6.29 Å². The molecule has 0 rings (SSSR count). The van der Waals surface area contributed by atoms with E-state index in [9.17, 15) is 20.0 Å². The number of rotatable bonds is 15. The third kappa shape index (κ3) is 15.4. The Balaban J connectivity index is 4.15. The van der Waals surface area contributed by atoms with E-state index in [0.717, 1.165) is 19.3 Å². The van der Waals surface area contributed by atoms with Crippen LogP contribution in [-0.2, 0) is 4.79 Å². The van der Waals surface area contributed by atoms with Crippen molar-refractivity contribution >= 4 is 6.29 Å². The molecule has 0 aliphatic rings. The number of unbranched alkanes of at least 4 members (excludes halogenated alkanes) is 1. The van der Waals surface area contributed by atoms with Gasteiger partial charge in [0.05, 0.1) is 0 Å². The zero-order valence-corrected chi connectivity index (χ0v) is 15.9. The van der Waals surface area contributed by atoms with Crippen molar-refractivity contribution in [2.24, 2.45) is 0 Å². The molecule has 0 saturated heterocycles. The van der Waals surface area contributed by atoms with Crippen LogP contribution in [0.5, 0.6) is 0 Å². The molecular formula is C22H30NO4. The number of allylic oxidation sites excluding steroid dienone is 10. The quantitative estimate of drug-likeness (QED) is 0.147. The highest BCUT2D eigenvalue weighted by Gasteiger charge is 2.27. The predicted molar refractivity (Wildman–Crippen MR) is 111 cm³/mol. The van der Waals surface area contributed by atoms with E-state index in [2.05, 4.69) is 0 Å². The van der Waals surface area contributed by atoms with Gasteiger partial charge in [0.1, 0.15) is 6.10 Å². The molecule has 0 saturated carbocycles. The highest BCUT2D eigenvalue weighted by molar-refractivity contribution is 5.50. The van der Waals surface area contributed by atoms with Crippen LogP contribution in [0.2, 0.25) is 0 Å². The van der Waals surface area contributed by atoms with Gasteiger partial charge in [-0.1, -0.05) is 79.8 Å². The topological polar surface area (TPSA) is 80.4 Å². The molecule has 0 aliphatic heterocycles. The van der Waals surface area contributed by atoms with Crippen LogP contribution in [0.3, 0.4) is 0 Å². The van der Waals surface area contributed by atoms with Gasteiger partial charge in [-0.2, -0.15) is 0 Å². The smallest absolute Gasteiger partial charge is 0.242 e. The number of hydrogen-bond donors (Lipinski definition) is 1. The molecule has 0 aromatic carbocycles. The number of hydrogen-bond acceptors (Lipinski definition) is 4. The standard InChI is InChI=1S/C22H30NO4/c1-2-3-15-19-22(25)21(23(26)27)18-16-13-11-9-7-5-4-6-8-10-12-14-17-20-24/h3-7,9-13,15-16,21-22,25H,2,8,14,17-19H2,1H3/b6-4-,7-5-,11-9-,12-10-,15-3-,16-13-. The zero-order valence-electron chi connectivity index (χ0n) is 15.9. The van der Waals surface area contributed by atoms with E-state index >= 15 is 0 Å². The summed E-state index contributed by atoms with van der Waals surface area (Å²) in [6, 6.07) is -0.993. The third-order valence-electron chi connectivity index (χ3n) is 3.55. The average Bonchev–Trinajstić information content (AvgIpc) is 2.64. The number of aliphatic hydroxyl groups excluding tert-OH is 1. The number of nitro groups is 1. The van der Waals surface area contributed by atoms with Crippen LogP contribution in [0.4, 0.5) is 0 Å². The second-order valence-corrected chi connectivity index (χ2v) is 5.79. The van der Waals surface area contributed by atoms with Crippen molar-refractivity contribution in [2.75, 3.05) is 0 Å². The largest absolute Gasteiger partial charge is 0.386 e. The minimum atomic E-state index is -0.993. The minimum absolute atomic E-state index is 0.191. The molecule has 0 bridgehead atoms. The Kier molecular flexibility index (Phi) is 16.6. The van der Waals surface area contributed by atoms with Gasteiger partial charge in [0.25, 0.3) is 0 Å². The normalized spacial score (nSPS) is 15.2. The Labute approximate surface area is 162 Å². The molecule has 0 fully saturated rings. The molecule has 2 unspecified atom stereocenters. The maximum atomic E-state index is 11.1. The van der Waals surface area contributed by atoms with E-state index in [1.807, 2.05) is 61.8 Å². The van der Waals surface area contributed by atoms with Crippen molar-refractivity contribution in [2.45, 2.75) is 57.6 Å². The molecule has 1 radical (unpaired) electrons. The average molecular weight is 372 g/mol. The summed E-state index contributed by atoms with van der Waals surface area (Å²) in [5.74, 6) is 0. The van der Waals surface area contributed by atoms with Crippen LogP contribution < -0.4 is 0 Å². The van der Waals surface area contributed by atoms with Crippen LogP contribution in [0, 0.1) is 10.1 Å². The van der Waals surface area contributed by atoms with E-state index in [0.29, 0.717) is 12.8 Å². The van der Waals surface area contributed by atoms with Gasteiger partial charge in [-0.05, 0) is 25.7 Å². The lowest BCUT2D eigenvalue weighted by Gasteiger charge is -2.12. The van der Waals surface area contributed by atoms with Gasteiger partial charge >= 0.3 is 0 Å². The summed E-state index contributed by atoms with van der Waals surface area (Å²) in [6.07, 6.45) is 26.5. The second kappa shape index (κ2) is 18.3. The van der Waals surface area contributed by atoms with E-state index in [1.165, 1.54) is 0 Å². The van der Waals surface area contributed by atoms with Gasteiger partial charge < -0.3 is 5.11 Å². The fourth-order valence-corrected chi connectivity index (χ4v) is 2.09. The van der Waals surface area contributed by atoms with Gasteiger partial charge in [-0.15, -0.1) is 0 Å². The van der Waals surface area contributed by atoms with Crippen molar-refractivity contribution in [3.8, 4) is 0 Å². The van der Waals surface area contributed by atoms with Crippen molar-refractivity contribution in [3.05, 3.63) is 83.0 Å². The number of aliphatic hydroxyl groups is 1. The summed E-state index contributed by atoms with van der Waals surface area (Å²) in [5.41, 5.74) is 0. The molecule has 27 heavy (non-hydrogen) atoms. The summed E-state index contributed by atoms with van der Waals surface area (Å²) in [6.45, 7) is 1.97. The first-order valence-electron chi connectivity index (χ1n) is 9.25. The van der Waals surface area contributed by atoms with Crippen LogP contribution in [0.1, 0.15) is 45.4 Å². The number of nitrogens with zero attached hydrogens (tertiary/aromatic N) is 1. The Morgan fingerprint density at radius 3 is 2.22 bits per heavy atom. The summed E-state index contributed by atoms with van der Waals surface area (Å²) in [4.78, 5) is 20.7. The summed E-state index contributed by atoms with van der Waals surface area (Å²) in [7, 11) is 0. The Bertz CT molecular complexity index is 571. The maximum absolute atomic E-state index is 11.1. The minimum Gasteiger partial charge on any atom is -0.386 e. The summed E-state index contributed by atoms with van der Waals surface area (Å²) < 4.78 is 0. The monoisotopic (exact) mass is 372 g/mol. The van der Waals surface area contributed by atoms with Crippen LogP contribution in [-0.4, -0.2) is 28.5 Å². The van der Waals surface area contributed by atoms with E-state index in [-0.39, 0.29) is 6.42 Å². The first kappa shape index (κ1) is 24.5. The van der Waals surface area contributed by atoms with Crippen molar-refractivity contribution < 1.29 is 14.8 Å². The van der Waals surface area contributed by atoms with Crippen molar-refractivity contribution in [3.63, 3.8) is 0 Å². The van der Waals surface area contributed by atoms with Gasteiger partial charge in [-0.25, -0.2) is 0 Å². The van der Waals surface area contributed by atoms with Crippen molar-refractivity contribution in [1.29, 1.82) is 0 Å². The lowest BCUT2D eigenvalue weighted by atomic mass is 10.0. The van der Waals surface area contributed by atoms with Gasteiger partial charge in [0.2, 0.25) is 6.04 Å². The highest BCUT2D eigenvalue weighted by Crippen LogP contribution is 2.09. The third-order valence-corrected chi connectivity index (χ3v) is 3.55. The molecule has 0 spiro atoms. The molecule has 5 nitrogen and oxygen atoms in total. The molecule has 5 heteroatoms. The van der Waals surface area contributed by atoms with Crippen LogP contribution in [0.25, 0.3) is 0 Å². The van der Waals surface area contributed by atoms with E-state index < -0.39 is 17.1 Å². The zero-order chi connectivity index (χ0) is 20.2. The maximum Gasteiger partial charge on any atom is 0.242 e. The Morgan fingerprint density at radius 2 is 1.59 bits per heavy atom. The molecule has 0 aromatic heterocycles. The van der Waals surface area contributed by atoms with Crippen LogP contribution in [0.15, 0.2) is 72.9 Å². The lowest BCUT2D eigenvalue weighted by molar-refractivity contribution is -0.533. The molecule has 1 N–H and O–H groups in total. The number of carbonyl (C=O) groups excluding carboxylic acids is 1. The summed E-state index contributed by atoms with van der Waals surface area (Å²) >= 11 is 0. The first-order valence-corrected chi connectivity index (χ1v) is 9.25. The fourth-order valence-electron chi connectivity index (χ4n) is 2.09. The molecule has 2 atom stereocenters. The first-order chi connectivity index (χ1) is 13.1. The lowest BCUT2D eigenvalue weighted by Crippen LogP contribution is -2.32. The fraction of sp³-hybridized carbons (Fsp3) is 0.409. The second-order valence-electron chi connectivity index (χ2n) is 5.79. The van der Waals surface area contributed by atoms with E-state index in [1.54, 1.807) is 24.3 Å². The molecule has 0 aliphatic carbocycles. The predicted octanol–water partition coefficient (Wildman–Crippen LogP) is 4.80. The van der Waals surface area contributed by atoms with Crippen LogP contribution >= 0.6 is 0 Å². The molecule has 0 amide bonds. The van der Waals surface area contributed by atoms with Crippen molar-refractivity contribution in [1.82, 2.24) is 0 Å². The molecule has 147 valence electrons. The molecule has 0 aromatic rings. The van der Waals surface area contributed by atoms with E-state index in [4.69, 9.17) is 0 Å². The summed E-state index contributed by atoms with van der Waals surface area (Å²) in [5, 5.41) is 21.0. The van der Waals surface area contributed by atoms with Gasteiger partial charge in [-0.3, -0.25) is 14.9 Å². The molecule has 0 heterocycles.